The zero-order valence-corrected chi connectivity index (χ0v) is 10.7. The molecule has 0 saturated heterocycles. The monoisotopic (exact) mass is 289 g/mol. The van der Waals surface area contributed by atoms with Crippen molar-refractivity contribution in [1.29, 1.82) is 0 Å². The number of aliphatic carboxylic acids is 1. The molecule has 0 aliphatic rings. The lowest BCUT2D eigenvalue weighted by Gasteiger charge is -2.10. The summed E-state index contributed by atoms with van der Waals surface area (Å²) >= 11 is 0. The predicted octanol–water partition coefficient (Wildman–Crippen LogP) is 3.16. The minimum Gasteiger partial charge on any atom is -0.481 e. The minimum absolute atomic E-state index is 0.280. The van der Waals surface area contributed by atoms with Crippen LogP contribution >= 0.6 is 0 Å². The van der Waals surface area contributed by atoms with E-state index in [0.717, 1.165) is 0 Å². The van der Waals surface area contributed by atoms with Crippen LogP contribution in [-0.2, 0) is 9.59 Å². The lowest BCUT2D eigenvalue weighted by atomic mass is 10.0. The number of carbonyl (C=O) groups is 2. The highest BCUT2D eigenvalue weighted by Crippen LogP contribution is 2.23. The molecule has 0 heterocycles. The molecular weight excluding hydrogens is 275 g/mol. The van der Waals surface area contributed by atoms with Crippen LogP contribution < -0.4 is 5.32 Å². The maximum Gasteiger partial charge on any atom is 0.389 e. The molecule has 1 atom stereocenters. The first-order valence-corrected chi connectivity index (χ1v) is 5.88. The Labute approximate surface area is 113 Å². The molecule has 0 saturated carbocycles. The smallest absolute Gasteiger partial charge is 0.389 e. The van der Waals surface area contributed by atoms with E-state index in [1.807, 2.05) is 0 Å². The van der Waals surface area contributed by atoms with Gasteiger partial charge in [0.05, 0.1) is 12.3 Å². The van der Waals surface area contributed by atoms with Crippen LogP contribution in [0.5, 0.6) is 0 Å². The fraction of sp³-hybridized carbons (Fsp3) is 0.385. The van der Waals surface area contributed by atoms with E-state index in [0.29, 0.717) is 5.56 Å². The van der Waals surface area contributed by atoms with Gasteiger partial charge in [0, 0.05) is 12.1 Å². The van der Waals surface area contributed by atoms with Crippen LogP contribution in [-0.4, -0.2) is 23.2 Å². The second kappa shape index (κ2) is 6.40. The molecule has 20 heavy (non-hydrogen) atoms. The number of carboxylic acid groups (broad SMARTS) is 1. The summed E-state index contributed by atoms with van der Waals surface area (Å²) in [4.78, 5) is 22.2. The highest BCUT2D eigenvalue weighted by molar-refractivity contribution is 5.91. The Hall–Kier alpha value is -2.05. The Morgan fingerprint density at radius 2 is 2.00 bits per heavy atom. The van der Waals surface area contributed by atoms with Crippen LogP contribution in [0.1, 0.15) is 31.2 Å². The number of hydrogen-bond donors (Lipinski definition) is 2. The van der Waals surface area contributed by atoms with Gasteiger partial charge in [-0.2, -0.15) is 13.2 Å². The minimum atomic E-state index is -4.38. The Kier molecular flexibility index (Phi) is 5.12. The van der Waals surface area contributed by atoms with Crippen molar-refractivity contribution in [2.24, 2.45) is 0 Å². The van der Waals surface area contributed by atoms with Crippen LogP contribution in [0, 0.1) is 0 Å². The molecule has 0 aliphatic carbocycles. The highest BCUT2D eigenvalue weighted by atomic mass is 19.4. The molecule has 0 radical (unpaired) electrons. The molecule has 7 heteroatoms. The van der Waals surface area contributed by atoms with Crippen LogP contribution in [0.15, 0.2) is 24.3 Å². The topological polar surface area (TPSA) is 66.4 Å². The maximum absolute atomic E-state index is 12.0. The Balaban J connectivity index is 2.67. The number of alkyl halides is 3. The van der Waals surface area contributed by atoms with E-state index >= 15 is 0 Å². The Morgan fingerprint density at radius 1 is 1.35 bits per heavy atom. The van der Waals surface area contributed by atoms with Crippen molar-refractivity contribution < 1.29 is 27.9 Å². The Bertz CT molecular complexity index is 500. The molecule has 1 amide bonds. The van der Waals surface area contributed by atoms with Crippen molar-refractivity contribution in [3.05, 3.63) is 29.8 Å². The second-order valence-corrected chi connectivity index (χ2v) is 4.35. The summed E-state index contributed by atoms with van der Waals surface area (Å²) in [6.45, 7) is 1.48. The van der Waals surface area contributed by atoms with Gasteiger partial charge in [-0.1, -0.05) is 12.1 Å². The van der Waals surface area contributed by atoms with E-state index in [4.69, 9.17) is 5.11 Å². The number of carboxylic acids is 1. The largest absolute Gasteiger partial charge is 0.481 e. The molecule has 1 aromatic rings. The quantitative estimate of drug-likeness (QED) is 0.875. The first-order valence-electron chi connectivity index (χ1n) is 5.88. The van der Waals surface area contributed by atoms with E-state index in [1.54, 1.807) is 6.07 Å². The molecule has 2 N–H and O–H groups in total. The van der Waals surface area contributed by atoms with Gasteiger partial charge in [-0.15, -0.1) is 0 Å². The van der Waals surface area contributed by atoms with Crippen LogP contribution in [0.2, 0.25) is 0 Å². The number of nitrogens with one attached hydrogen (secondary N) is 1. The third-order valence-electron chi connectivity index (χ3n) is 2.68. The van der Waals surface area contributed by atoms with E-state index in [-0.39, 0.29) is 5.69 Å². The molecule has 0 spiro atoms. The van der Waals surface area contributed by atoms with E-state index in [2.05, 4.69) is 5.32 Å². The van der Waals surface area contributed by atoms with Crippen molar-refractivity contribution in [2.75, 3.05) is 5.32 Å². The first-order chi connectivity index (χ1) is 9.19. The third kappa shape index (κ3) is 5.29. The summed E-state index contributed by atoms with van der Waals surface area (Å²) in [6.07, 6.45) is -6.23. The average molecular weight is 289 g/mol. The zero-order valence-electron chi connectivity index (χ0n) is 10.7. The van der Waals surface area contributed by atoms with E-state index < -0.39 is 36.8 Å². The first kappa shape index (κ1) is 16.0. The number of amides is 1. The molecule has 4 nitrogen and oxygen atoms in total. The Morgan fingerprint density at radius 3 is 2.55 bits per heavy atom. The van der Waals surface area contributed by atoms with E-state index in [1.165, 1.54) is 25.1 Å². The number of anilines is 1. The number of rotatable bonds is 5. The molecule has 0 aliphatic heterocycles. The summed E-state index contributed by atoms with van der Waals surface area (Å²) in [6, 6.07) is 6.03. The summed E-state index contributed by atoms with van der Waals surface area (Å²) in [7, 11) is 0. The number of hydrogen-bond acceptors (Lipinski definition) is 2. The number of benzene rings is 1. The fourth-order valence-corrected chi connectivity index (χ4v) is 1.51. The lowest BCUT2D eigenvalue weighted by molar-refractivity contribution is -0.142. The van der Waals surface area contributed by atoms with Gasteiger partial charge in [0.1, 0.15) is 0 Å². The number of halogens is 3. The van der Waals surface area contributed by atoms with Crippen molar-refractivity contribution in [3.63, 3.8) is 0 Å². The average Bonchev–Trinajstić information content (AvgIpc) is 2.35. The van der Waals surface area contributed by atoms with Gasteiger partial charge in [-0.3, -0.25) is 9.59 Å². The van der Waals surface area contributed by atoms with E-state index in [9.17, 15) is 22.8 Å². The molecule has 1 rings (SSSR count). The fourth-order valence-electron chi connectivity index (χ4n) is 1.51. The molecule has 1 aromatic carbocycles. The van der Waals surface area contributed by atoms with Gasteiger partial charge in [-0.25, -0.2) is 0 Å². The molecule has 0 fully saturated rings. The molecule has 0 bridgehead atoms. The number of carbonyl (C=O) groups excluding carboxylic acids is 1. The van der Waals surface area contributed by atoms with Crippen LogP contribution in [0.25, 0.3) is 0 Å². The molecule has 0 aromatic heterocycles. The van der Waals surface area contributed by atoms with Crippen molar-refractivity contribution in [1.82, 2.24) is 0 Å². The second-order valence-electron chi connectivity index (χ2n) is 4.35. The van der Waals surface area contributed by atoms with Crippen molar-refractivity contribution in [2.45, 2.75) is 31.9 Å². The predicted molar refractivity (Wildman–Crippen MR) is 66.4 cm³/mol. The lowest BCUT2D eigenvalue weighted by Crippen LogP contribution is -2.16. The SMILES string of the molecule is CC(C(=O)O)c1cccc(NC(=O)CCC(F)(F)F)c1. The summed E-state index contributed by atoms with van der Waals surface area (Å²) in [5.41, 5.74) is 0.744. The summed E-state index contributed by atoms with van der Waals surface area (Å²) in [5, 5.41) is 11.2. The summed E-state index contributed by atoms with van der Waals surface area (Å²) in [5.74, 6) is -2.55. The molecular formula is C13H14F3NO3. The van der Waals surface area contributed by atoms with Crippen molar-refractivity contribution >= 4 is 17.6 Å². The van der Waals surface area contributed by atoms with Gasteiger partial charge in [0.25, 0.3) is 0 Å². The third-order valence-corrected chi connectivity index (χ3v) is 2.68. The van der Waals surface area contributed by atoms with Gasteiger partial charge >= 0.3 is 12.1 Å². The standard InChI is InChI=1S/C13H14F3NO3/c1-8(12(19)20)9-3-2-4-10(7-9)17-11(18)5-6-13(14,15)16/h2-4,7-8H,5-6H2,1H3,(H,17,18)(H,19,20). The summed E-state index contributed by atoms with van der Waals surface area (Å²) < 4.78 is 35.9. The van der Waals surface area contributed by atoms with Gasteiger partial charge in [0.2, 0.25) is 5.91 Å². The molecule has 1 unspecified atom stereocenters. The zero-order chi connectivity index (χ0) is 15.3. The van der Waals surface area contributed by atoms with Crippen LogP contribution in [0.4, 0.5) is 18.9 Å². The van der Waals surface area contributed by atoms with Gasteiger partial charge in [0.15, 0.2) is 0 Å². The maximum atomic E-state index is 12.0. The normalized spacial score (nSPS) is 12.8. The van der Waals surface area contributed by atoms with Crippen molar-refractivity contribution in [3.8, 4) is 0 Å². The van der Waals surface area contributed by atoms with Crippen LogP contribution in [0.3, 0.4) is 0 Å². The highest BCUT2D eigenvalue weighted by Gasteiger charge is 2.27. The van der Waals surface area contributed by atoms with Gasteiger partial charge < -0.3 is 10.4 Å². The molecule has 110 valence electrons. The van der Waals surface area contributed by atoms with Gasteiger partial charge in [-0.05, 0) is 24.6 Å².